The van der Waals surface area contributed by atoms with Crippen LogP contribution in [0.5, 0.6) is 0 Å². The van der Waals surface area contributed by atoms with E-state index in [0.29, 0.717) is 0 Å². The Labute approximate surface area is 111 Å². The number of hydrogen-bond donors (Lipinski definition) is 2. The van der Waals surface area contributed by atoms with Gasteiger partial charge in [-0.3, -0.25) is 9.28 Å². The molecule has 0 spiro atoms. The summed E-state index contributed by atoms with van der Waals surface area (Å²) in [4.78, 5) is 23.1. The Balaban J connectivity index is 2.27. The second-order valence-electron chi connectivity index (χ2n) is 4.86. The highest BCUT2D eigenvalue weighted by molar-refractivity contribution is 5.82. The van der Waals surface area contributed by atoms with Crippen LogP contribution in [-0.4, -0.2) is 42.2 Å². The number of nitrogens with zero attached hydrogens (tertiary/aromatic N) is 1. The Kier molecular flexibility index (Phi) is 3.82. The van der Waals surface area contributed by atoms with Crippen LogP contribution in [0.15, 0.2) is 30.3 Å². The van der Waals surface area contributed by atoms with Gasteiger partial charge in [0.1, 0.15) is 25.7 Å². The smallest absolute Gasteiger partial charge is 0.257 e. The monoisotopic (exact) mass is 263 g/mol. The van der Waals surface area contributed by atoms with Crippen molar-refractivity contribution < 1.29 is 19.2 Å². The maximum Gasteiger partial charge on any atom is 0.257 e. The van der Waals surface area contributed by atoms with Crippen molar-refractivity contribution in [3.05, 3.63) is 35.9 Å². The molecule has 6 heteroatoms. The molecule has 3 N–H and O–H groups in total. The molecule has 2 unspecified atom stereocenters. The van der Waals surface area contributed by atoms with Crippen LogP contribution in [0.25, 0.3) is 0 Å². The van der Waals surface area contributed by atoms with E-state index in [-0.39, 0.29) is 36.6 Å². The van der Waals surface area contributed by atoms with Gasteiger partial charge in [0.15, 0.2) is 0 Å². The van der Waals surface area contributed by atoms with E-state index in [2.05, 4.69) is 5.32 Å². The van der Waals surface area contributed by atoms with Crippen molar-refractivity contribution in [2.45, 2.75) is 12.6 Å². The number of carbonyl (C=O) groups is 2. The summed E-state index contributed by atoms with van der Waals surface area (Å²) in [5, 5.41) is 14.2. The number of rotatable bonds is 2. The minimum atomic E-state index is -1.20. The van der Waals surface area contributed by atoms with Crippen LogP contribution >= 0.6 is 0 Å². The SMILES string of the molecule is NC1C[N+](Cc2ccccc2)(C(=O)[O-])CCNC1=O. The summed E-state index contributed by atoms with van der Waals surface area (Å²) in [6.07, 6.45) is -1.20. The van der Waals surface area contributed by atoms with E-state index in [4.69, 9.17) is 5.73 Å². The molecular weight excluding hydrogens is 246 g/mol. The number of nitrogens with one attached hydrogen (secondary N) is 1. The van der Waals surface area contributed by atoms with Crippen molar-refractivity contribution in [1.82, 2.24) is 5.32 Å². The third-order valence-electron chi connectivity index (χ3n) is 3.44. The lowest BCUT2D eigenvalue weighted by Gasteiger charge is -2.37. The Bertz CT molecular complexity index is 477. The molecule has 0 saturated carbocycles. The van der Waals surface area contributed by atoms with Crippen molar-refractivity contribution >= 4 is 12.0 Å². The summed E-state index contributed by atoms with van der Waals surface area (Å²) in [6, 6.07) is 8.45. The highest BCUT2D eigenvalue weighted by Gasteiger charge is 2.37. The van der Waals surface area contributed by atoms with Gasteiger partial charge in [-0.15, -0.1) is 0 Å². The van der Waals surface area contributed by atoms with Crippen molar-refractivity contribution in [2.24, 2.45) is 5.73 Å². The van der Waals surface area contributed by atoms with Crippen LogP contribution in [0.1, 0.15) is 5.56 Å². The average molecular weight is 263 g/mol. The van der Waals surface area contributed by atoms with Crippen LogP contribution < -0.4 is 16.2 Å². The molecule has 1 saturated heterocycles. The number of benzene rings is 1. The predicted molar refractivity (Wildman–Crippen MR) is 66.5 cm³/mol. The fourth-order valence-electron chi connectivity index (χ4n) is 2.38. The molecule has 1 heterocycles. The second kappa shape index (κ2) is 5.38. The molecule has 19 heavy (non-hydrogen) atoms. The van der Waals surface area contributed by atoms with Crippen molar-refractivity contribution in [3.63, 3.8) is 0 Å². The largest absolute Gasteiger partial charge is 0.498 e. The van der Waals surface area contributed by atoms with Gasteiger partial charge in [-0.05, 0) is 0 Å². The summed E-state index contributed by atoms with van der Waals surface area (Å²) in [5.74, 6) is -0.311. The molecule has 0 aromatic heterocycles. The van der Waals surface area contributed by atoms with E-state index in [0.717, 1.165) is 5.56 Å². The summed E-state index contributed by atoms with van der Waals surface area (Å²) in [5.41, 5.74) is 6.61. The van der Waals surface area contributed by atoms with Gasteiger partial charge in [-0.2, -0.15) is 0 Å². The molecule has 0 bridgehead atoms. The second-order valence-corrected chi connectivity index (χ2v) is 4.86. The Hall–Kier alpha value is -1.92. The summed E-state index contributed by atoms with van der Waals surface area (Å²) in [7, 11) is 0. The molecule has 0 aliphatic carbocycles. The Morgan fingerprint density at radius 1 is 1.42 bits per heavy atom. The zero-order valence-electron chi connectivity index (χ0n) is 10.5. The van der Waals surface area contributed by atoms with Crippen molar-refractivity contribution in [3.8, 4) is 0 Å². The van der Waals surface area contributed by atoms with Crippen molar-refractivity contribution in [2.75, 3.05) is 19.6 Å². The summed E-state index contributed by atoms with van der Waals surface area (Å²) < 4.78 is -0.329. The third-order valence-corrected chi connectivity index (χ3v) is 3.44. The maximum atomic E-state index is 11.6. The number of carbonyl (C=O) groups excluding carboxylic acids is 2. The minimum absolute atomic E-state index is 0.0447. The molecular formula is C13H17N3O3. The summed E-state index contributed by atoms with van der Waals surface area (Å²) >= 11 is 0. The molecule has 0 radical (unpaired) electrons. The molecule has 1 aromatic rings. The van der Waals surface area contributed by atoms with E-state index >= 15 is 0 Å². The van der Waals surface area contributed by atoms with Crippen LogP contribution in [0.4, 0.5) is 4.79 Å². The van der Waals surface area contributed by atoms with Crippen LogP contribution in [0.3, 0.4) is 0 Å². The number of quaternary nitrogens is 1. The fraction of sp³-hybridized carbons (Fsp3) is 0.385. The molecule has 102 valence electrons. The lowest BCUT2D eigenvalue weighted by molar-refractivity contribution is -0.887. The molecule has 1 aliphatic rings. The van der Waals surface area contributed by atoms with E-state index in [1.54, 1.807) is 0 Å². The van der Waals surface area contributed by atoms with E-state index < -0.39 is 12.1 Å². The quantitative estimate of drug-likeness (QED) is 0.655. The number of hydrogen-bond acceptors (Lipinski definition) is 4. The van der Waals surface area contributed by atoms with Gasteiger partial charge >= 0.3 is 0 Å². The Morgan fingerprint density at radius 3 is 2.74 bits per heavy atom. The molecule has 1 aromatic carbocycles. The first-order valence-electron chi connectivity index (χ1n) is 6.18. The molecule has 2 amide bonds. The molecule has 2 atom stereocenters. The first-order chi connectivity index (χ1) is 9.03. The van der Waals surface area contributed by atoms with E-state index in [1.807, 2.05) is 30.3 Å². The van der Waals surface area contributed by atoms with E-state index in [9.17, 15) is 14.7 Å². The average Bonchev–Trinajstić information content (AvgIpc) is 2.52. The molecule has 1 fully saturated rings. The first kappa shape index (κ1) is 13.5. The van der Waals surface area contributed by atoms with Crippen LogP contribution in [-0.2, 0) is 11.3 Å². The van der Waals surface area contributed by atoms with Crippen LogP contribution in [0, 0.1) is 0 Å². The summed E-state index contributed by atoms with van der Waals surface area (Å²) in [6.45, 7) is 0.874. The molecule has 6 nitrogen and oxygen atoms in total. The molecule has 2 rings (SSSR count). The first-order valence-corrected chi connectivity index (χ1v) is 6.18. The highest BCUT2D eigenvalue weighted by atomic mass is 16.4. The van der Waals surface area contributed by atoms with Gasteiger partial charge in [0.05, 0.1) is 6.54 Å². The zero-order valence-corrected chi connectivity index (χ0v) is 10.5. The normalized spacial score (nSPS) is 27.4. The van der Waals surface area contributed by atoms with Crippen molar-refractivity contribution in [1.29, 1.82) is 0 Å². The number of nitrogens with two attached hydrogens (primary N) is 1. The minimum Gasteiger partial charge on any atom is -0.498 e. The van der Waals surface area contributed by atoms with Gasteiger partial charge < -0.3 is 21.0 Å². The topological polar surface area (TPSA) is 95.2 Å². The fourth-order valence-corrected chi connectivity index (χ4v) is 2.38. The van der Waals surface area contributed by atoms with Gasteiger partial charge in [0, 0.05) is 5.56 Å². The Morgan fingerprint density at radius 2 is 2.11 bits per heavy atom. The van der Waals surface area contributed by atoms with Gasteiger partial charge in [-0.1, -0.05) is 30.3 Å². The van der Waals surface area contributed by atoms with Gasteiger partial charge in [-0.25, -0.2) is 0 Å². The van der Waals surface area contributed by atoms with E-state index in [1.165, 1.54) is 0 Å². The predicted octanol–water partition coefficient (Wildman–Crippen LogP) is -1.20. The number of amides is 2. The van der Waals surface area contributed by atoms with Gasteiger partial charge in [0.25, 0.3) is 6.09 Å². The lowest BCUT2D eigenvalue weighted by atomic mass is 10.1. The standard InChI is InChI=1S/C13H17N3O3/c14-11-9-16(13(18)19,7-6-15-12(11)17)8-10-4-2-1-3-5-10/h1-5,11H,6-9,14H2,(H-,15,17,18,19). The van der Waals surface area contributed by atoms with Gasteiger partial charge in [0.2, 0.25) is 5.91 Å². The number of carboxylic acid groups (broad SMARTS) is 1. The highest BCUT2D eigenvalue weighted by Crippen LogP contribution is 2.16. The molecule has 1 aliphatic heterocycles. The zero-order chi connectivity index (χ0) is 13.9. The third kappa shape index (κ3) is 2.91. The van der Waals surface area contributed by atoms with Crippen LogP contribution in [0.2, 0.25) is 0 Å². The maximum absolute atomic E-state index is 11.6. The lowest BCUT2D eigenvalue weighted by Crippen LogP contribution is -2.62.